The van der Waals surface area contributed by atoms with Crippen LogP contribution >= 0.6 is 11.6 Å². The van der Waals surface area contributed by atoms with Gasteiger partial charge in [0.1, 0.15) is 5.75 Å². The molecule has 0 aliphatic heterocycles. The van der Waals surface area contributed by atoms with E-state index in [1.807, 2.05) is 0 Å². The van der Waals surface area contributed by atoms with E-state index in [1.54, 1.807) is 18.2 Å². The van der Waals surface area contributed by atoms with Gasteiger partial charge in [-0.05, 0) is 18.2 Å². The monoisotopic (exact) mass is 364 g/mol. The lowest BCUT2D eigenvalue weighted by Gasteiger charge is -2.14. The molecule has 0 saturated heterocycles. The second kappa shape index (κ2) is 8.25. The number of methoxy groups -OCH3 is 3. The molecular formula is C17H17ClN2O5. The Kier molecular flexibility index (Phi) is 6.08. The minimum absolute atomic E-state index is 0.173. The fraction of sp³-hybridized carbons (Fsp3) is 0.176. The number of carbonyl (C=O) groups is 2. The molecule has 25 heavy (non-hydrogen) atoms. The summed E-state index contributed by atoms with van der Waals surface area (Å²) in [4.78, 5) is 24.4. The largest absolute Gasteiger partial charge is 0.496 e. The number of amides is 2. The van der Waals surface area contributed by atoms with Crippen LogP contribution in [-0.4, -0.2) is 33.1 Å². The molecule has 0 fully saturated rings. The highest BCUT2D eigenvalue weighted by Crippen LogP contribution is 2.34. The van der Waals surface area contributed by atoms with Gasteiger partial charge in [0.05, 0.1) is 26.9 Å². The lowest BCUT2D eigenvalue weighted by Crippen LogP contribution is -2.41. The zero-order valence-electron chi connectivity index (χ0n) is 13.9. The summed E-state index contributed by atoms with van der Waals surface area (Å²) in [6.45, 7) is 0. The second-order valence-electron chi connectivity index (χ2n) is 4.83. The van der Waals surface area contributed by atoms with Gasteiger partial charge < -0.3 is 14.2 Å². The Hall–Kier alpha value is -2.93. The molecule has 0 aliphatic carbocycles. The summed E-state index contributed by atoms with van der Waals surface area (Å²) in [5.74, 6) is -0.0379. The minimum Gasteiger partial charge on any atom is -0.496 e. The summed E-state index contributed by atoms with van der Waals surface area (Å²) in [6, 6.07) is 9.32. The van der Waals surface area contributed by atoms with Gasteiger partial charge in [0.25, 0.3) is 11.8 Å². The third-order valence-corrected chi connectivity index (χ3v) is 3.56. The van der Waals surface area contributed by atoms with Crippen LogP contribution in [0.3, 0.4) is 0 Å². The molecule has 2 rings (SSSR count). The van der Waals surface area contributed by atoms with E-state index >= 15 is 0 Å². The lowest BCUT2D eigenvalue weighted by atomic mass is 10.1. The molecule has 2 N–H and O–H groups in total. The van der Waals surface area contributed by atoms with Gasteiger partial charge in [-0.1, -0.05) is 17.7 Å². The second-order valence-corrected chi connectivity index (χ2v) is 5.26. The van der Waals surface area contributed by atoms with Gasteiger partial charge in [0.15, 0.2) is 11.5 Å². The Balaban J connectivity index is 2.16. The molecule has 2 amide bonds. The molecular weight excluding hydrogens is 348 g/mol. The molecule has 0 saturated carbocycles. The van der Waals surface area contributed by atoms with Crippen LogP contribution in [0.4, 0.5) is 0 Å². The molecule has 2 aromatic rings. The summed E-state index contributed by atoms with van der Waals surface area (Å²) in [7, 11) is 4.35. The van der Waals surface area contributed by atoms with E-state index in [0.717, 1.165) is 0 Å². The molecule has 0 spiro atoms. The Morgan fingerprint density at radius 1 is 0.840 bits per heavy atom. The summed E-state index contributed by atoms with van der Waals surface area (Å²) < 4.78 is 15.5. The fourth-order valence-electron chi connectivity index (χ4n) is 2.09. The maximum absolute atomic E-state index is 12.4. The van der Waals surface area contributed by atoms with Crippen molar-refractivity contribution < 1.29 is 23.8 Å². The first-order chi connectivity index (χ1) is 12.0. The van der Waals surface area contributed by atoms with Crippen molar-refractivity contribution >= 4 is 23.4 Å². The maximum Gasteiger partial charge on any atom is 0.273 e. The van der Waals surface area contributed by atoms with Crippen molar-refractivity contribution in [3.8, 4) is 17.2 Å². The van der Waals surface area contributed by atoms with Crippen LogP contribution in [0.1, 0.15) is 20.7 Å². The van der Waals surface area contributed by atoms with Crippen LogP contribution in [0.25, 0.3) is 0 Å². The number of ether oxygens (including phenoxy) is 3. The molecule has 2 aromatic carbocycles. The van der Waals surface area contributed by atoms with Crippen LogP contribution in [0.5, 0.6) is 17.2 Å². The van der Waals surface area contributed by atoms with E-state index < -0.39 is 11.8 Å². The predicted octanol–water partition coefficient (Wildman–Crippen LogP) is 2.44. The normalized spacial score (nSPS) is 9.92. The van der Waals surface area contributed by atoms with Crippen molar-refractivity contribution in [2.75, 3.05) is 21.3 Å². The third kappa shape index (κ3) is 4.33. The highest BCUT2D eigenvalue weighted by Gasteiger charge is 2.18. The summed E-state index contributed by atoms with van der Waals surface area (Å²) in [5, 5.41) is 0.417. The lowest BCUT2D eigenvalue weighted by molar-refractivity contribution is 0.0844. The highest BCUT2D eigenvalue weighted by molar-refractivity contribution is 6.30. The first kappa shape index (κ1) is 18.4. The maximum atomic E-state index is 12.4. The van der Waals surface area contributed by atoms with E-state index in [-0.39, 0.29) is 11.3 Å². The third-order valence-electron chi connectivity index (χ3n) is 3.33. The van der Waals surface area contributed by atoms with E-state index in [2.05, 4.69) is 10.9 Å². The number of carbonyl (C=O) groups excluding carboxylic acids is 2. The zero-order valence-corrected chi connectivity index (χ0v) is 14.6. The van der Waals surface area contributed by atoms with Gasteiger partial charge >= 0.3 is 0 Å². The molecule has 0 atom stereocenters. The molecule has 8 heteroatoms. The van der Waals surface area contributed by atoms with Crippen LogP contribution in [0.2, 0.25) is 5.02 Å². The Morgan fingerprint density at radius 2 is 1.44 bits per heavy atom. The average molecular weight is 365 g/mol. The van der Waals surface area contributed by atoms with Crippen molar-refractivity contribution in [1.29, 1.82) is 0 Å². The molecule has 132 valence electrons. The van der Waals surface area contributed by atoms with Gasteiger partial charge in [0.2, 0.25) is 0 Å². The van der Waals surface area contributed by atoms with Gasteiger partial charge in [-0.3, -0.25) is 20.4 Å². The van der Waals surface area contributed by atoms with Gasteiger partial charge in [-0.2, -0.15) is 0 Å². The summed E-state index contributed by atoms with van der Waals surface area (Å²) in [5.41, 5.74) is 5.12. The van der Waals surface area contributed by atoms with E-state index in [1.165, 1.54) is 39.5 Å². The van der Waals surface area contributed by atoms with Crippen molar-refractivity contribution in [1.82, 2.24) is 10.9 Å². The van der Waals surface area contributed by atoms with Crippen LogP contribution in [0.15, 0.2) is 36.4 Å². The molecule has 0 bridgehead atoms. The zero-order chi connectivity index (χ0) is 18.4. The number of benzene rings is 2. The summed E-state index contributed by atoms with van der Waals surface area (Å²) >= 11 is 5.84. The Morgan fingerprint density at radius 3 is 2.04 bits per heavy atom. The van der Waals surface area contributed by atoms with Crippen molar-refractivity contribution in [2.24, 2.45) is 0 Å². The highest BCUT2D eigenvalue weighted by atomic mass is 35.5. The Bertz CT molecular complexity index is 795. The van der Waals surface area contributed by atoms with Crippen molar-refractivity contribution in [3.63, 3.8) is 0 Å². The van der Waals surface area contributed by atoms with E-state index in [0.29, 0.717) is 22.1 Å². The van der Waals surface area contributed by atoms with E-state index in [9.17, 15) is 9.59 Å². The van der Waals surface area contributed by atoms with Crippen molar-refractivity contribution in [2.45, 2.75) is 0 Å². The van der Waals surface area contributed by atoms with Crippen molar-refractivity contribution in [3.05, 3.63) is 52.5 Å². The smallest absolute Gasteiger partial charge is 0.273 e. The Labute approximate surface area is 149 Å². The summed E-state index contributed by atoms with van der Waals surface area (Å²) in [6.07, 6.45) is 0. The van der Waals surface area contributed by atoms with Crippen LogP contribution in [-0.2, 0) is 0 Å². The number of hydrogen-bond acceptors (Lipinski definition) is 5. The minimum atomic E-state index is -0.576. The van der Waals surface area contributed by atoms with Crippen LogP contribution < -0.4 is 25.1 Å². The quantitative estimate of drug-likeness (QED) is 0.796. The van der Waals surface area contributed by atoms with Crippen LogP contribution in [0, 0.1) is 0 Å². The number of halogens is 1. The molecule has 0 radical (unpaired) electrons. The molecule has 0 aliphatic rings. The first-order valence-electron chi connectivity index (χ1n) is 7.16. The topological polar surface area (TPSA) is 85.9 Å². The van der Waals surface area contributed by atoms with Gasteiger partial charge in [0, 0.05) is 22.7 Å². The number of hydrazine groups is 1. The molecule has 0 heterocycles. The van der Waals surface area contributed by atoms with Gasteiger partial charge in [-0.25, -0.2) is 0 Å². The fourth-order valence-corrected chi connectivity index (χ4v) is 2.28. The van der Waals surface area contributed by atoms with Gasteiger partial charge in [-0.15, -0.1) is 0 Å². The SMILES string of the molecule is COc1cc(OC)c(C(=O)NNC(=O)c2cccc(Cl)c2)cc1OC. The molecule has 7 nitrogen and oxygen atoms in total. The number of rotatable bonds is 5. The molecule has 0 unspecified atom stereocenters. The van der Waals surface area contributed by atoms with E-state index in [4.69, 9.17) is 25.8 Å². The molecule has 0 aromatic heterocycles. The number of nitrogens with one attached hydrogen (secondary N) is 2. The standard InChI is InChI=1S/C17H17ClN2O5/c1-23-13-9-15(25-3)14(24-2)8-12(13)17(22)20-19-16(21)10-5-4-6-11(18)7-10/h4-9H,1-3H3,(H,19,21)(H,20,22). The number of hydrogen-bond donors (Lipinski definition) is 2. The first-order valence-corrected chi connectivity index (χ1v) is 7.54. The predicted molar refractivity (Wildman–Crippen MR) is 92.5 cm³/mol. The average Bonchev–Trinajstić information content (AvgIpc) is 2.64.